The van der Waals surface area contributed by atoms with Crippen LogP contribution in [0.4, 0.5) is 0 Å². The Morgan fingerprint density at radius 2 is 1.15 bits per heavy atom. The monoisotopic (exact) mass is 368 g/mol. The lowest BCUT2D eigenvalue weighted by Gasteiger charge is -2.20. The van der Waals surface area contributed by atoms with Crippen LogP contribution in [0.15, 0.2) is 0 Å². The van der Waals surface area contributed by atoms with Crippen molar-refractivity contribution in [1.82, 2.24) is 0 Å². The van der Waals surface area contributed by atoms with Gasteiger partial charge in [0.2, 0.25) is 0 Å². The van der Waals surface area contributed by atoms with Gasteiger partial charge in [-0.3, -0.25) is 4.79 Å². The van der Waals surface area contributed by atoms with Crippen LogP contribution in [-0.4, -0.2) is 12.1 Å². The van der Waals surface area contributed by atoms with Gasteiger partial charge in [-0.2, -0.15) is 0 Å². The Bertz CT molecular complexity index is 309. The highest BCUT2D eigenvalue weighted by atomic mass is 16.5. The smallest absolute Gasteiger partial charge is 0.306 e. The van der Waals surface area contributed by atoms with E-state index in [1.807, 2.05) is 13.8 Å². The van der Waals surface area contributed by atoms with Gasteiger partial charge in [0.25, 0.3) is 0 Å². The summed E-state index contributed by atoms with van der Waals surface area (Å²) in [6.07, 6.45) is 19.4. The van der Waals surface area contributed by atoms with Gasteiger partial charge in [-0.05, 0) is 32.1 Å². The van der Waals surface area contributed by atoms with Crippen LogP contribution in [-0.2, 0) is 9.53 Å². The van der Waals surface area contributed by atoms with E-state index < -0.39 is 0 Å². The second kappa shape index (κ2) is 17.9. The summed E-state index contributed by atoms with van der Waals surface area (Å²) in [5.74, 6) is 1.74. The molecule has 1 unspecified atom stereocenters. The molecule has 0 aliphatic heterocycles. The van der Waals surface area contributed by atoms with Gasteiger partial charge in [-0.15, -0.1) is 0 Å². The Morgan fingerprint density at radius 1 is 0.692 bits per heavy atom. The van der Waals surface area contributed by atoms with Crippen LogP contribution in [0, 0.1) is 11.8 Å². The lowest BCUT2D eigenvalue weighted by Crippen LogP contribution is -2.10. The molecular formula is C24H48O2. The number of rotatable bonds is 18. The third kappa shape index (κ3) is 16.9. The minimum Gasteiger partial charge on any atom is -0.463 e. The van der Waals surface area contributed by atoms with Gasteiger partial charge in [-0.1, -0.05) is 104 Å². The molecule has 0 aromatic carbocycles. The molecule has 0 aromatic heterocycles. The van der Waals surface area contributed by atoms with Crippen molar-refractivity contribution in [3.05, 3.63) is 0 Å². The highest BCUT2D eigenvalue weighted by Crippen LogP contribution is 2.25. The molecule has 0 bridgehead atoms. The average molecular weight is 369 g/mol. The normalized spacial score (nSPS) is 12.7. The zero-order valence-electron chi connectivity index (χ0n) is 18.7. The van der Waals surface area contributed by atoms with Crippen LogP contribution < -0.4 is 0 Å². The van der Waals surface area contributed by atoms with E-state index in [2.05, 4.69) is 20.8 Å². The van der Waals surface area contributed by atoms with E-state index in [0.717, 1.165) is 18.3 Å². The molecule has 156 valence electrons. The number of hydrogen-bond acceptors (Lipinski definition) is 2. The first-order valence-electron chi connectivity index (χ1n) is 11.7. The minimum atomic E-state index is -0.0329. The van der Waals surface area contributed by atoms with Crippen LogP contribution >= 0.6 is 0 Å². The summed E-state index contributed by atoms with van der Waals surface area (Å²) in [6.45, 7) is 10.9. The predicted octanol–water partition coefficient (Wildman–Crippen LogP) is 8.08. The highest BCUT2D eigenvalue weighted by molar-refractivity contribution is 5.69. The minimum absolute atomic E-state index is 0.0218. The molecular weight excluding hydrogens is 320 g/mol. The van der Waals surface area contributed by atoms with Crippen LogP contribution in [0.1, 0.15) is 131 Å². The van der Waals surface area contributed by atoms with Crippen molar-refractivity contribution in [2.75, 3.05) is 0 Å². The summed E-state index contributed by atoms with van der Waals surface area (Å²) < 4.78 is 5.16. The maximum absolute atomic E-state index is 11.5. The van der Waals surface area contributed by atoms with Crippen molar-refractivity contribution >= 4 is 5.97 Å². The van der Waals surface area contributed by atoms with Crippen molar-refractivity contribution in [3.8, 4) is 0 Å². The molecule has 2 nitrogen and oxygen atoms in total. The molecule has 0 saturated heterocycles. The molecule has 0 rings (SSSR count). The summed E-state index contributed by atoms with van der Waals surface area (Å²) in [5.41, 5.74) is 0. The maximum atomic E-state index is 11.5. The SMILES string of the molecule is CCCCCCCC(CCCCCCCCCC(=O)OC(C)C)C(C)C. The molecule has 0 aromatic rings. The number of carbonyl (C=O) groups is 1. The van der Waals surface area contributed by atoms with Gasteiger partial charge in [0, 0.05) is 6.42 Å². The Hall–Kier alpha value is -0.530. The van der Waals surface area contributed by atoms with Crippen molar-refractivity contribution in [2.24, 2.45) is 11.8 Å². The fourth-order valence-electron chi connectivity index (χ4n) is 3.70. The molecule has 0 N–H and O–H groups in total. The van der Waals surface area contributed by atoms with Crippen LogP contribution in [0.2, 0.25) is 0 Å². The van der Waals surface area contributed by atoms with Crippen molar-refractivity contribution in [2.45, 2.75) is 137 Å². The fraction of sp³-hybridized carbons (Fsp3) is 0.958. The second-order valence-electron chi connectivity index (χ2n) is 8.76. The number of ether oxygens (including phenoxy) is 1. The Labute approximate surface area is 164 Å². The molecule has 1 atom stereocenters. The van der Waals surface area contributed by atoms with E-state index in [1.54, 1.807) is 0 Å². The summed E-state index contributed by atoms with van der Waals surface area (Å²) in [6, 6.07) is 0. The number of unbranched alkanes of at least 4 members (excludes halogenated alkanes) is 10. The van der Waals surface area contributed by atoms with Gasteiger partial charge in [-0.25, -0.2) is 0 Å². The van der Waals surface area contributed by atoms with Crippen molar-refractivity contribution in [3.63, 3.8) is 0 Å². The van der Waals surface area contributed by atoms with Crippen LogP contribution in [0.5, 0.6) is 0 Å². The summed E-state index contributed by atoms with van der Waals surface area (Å²) in [5, 5.41) is 0. The van der Waals surface area contributed by atoms with Crippen LogP contribution in [0.3, 0.4) is 0 Å². The van der Waals surface area contributed by atoms with E-state index in [-0.39, 0.29) is 12.1 Å². The maximum Gasteiger partial charge on any atom is 0.306 e. The zero-order chi connectivity index (χ0) is 19.6. The Morgan fingerprint density at radius 3 is 1.62 bits per heavy atom. The van der Waals surface area contributed by atoms with Gasteiger partial charge >= 0.3 is 5.97 Å². The zero-order valence-corrected chi connectivity index (χ0v) is 18.7. The summed E-state index contributed by atoms with van der Waals surface area (Å²) in [7, 11) is 0. The topological polar surface area (TPSA) is 26.3 Å². The lowest BCUT2D eigenvalue weighted by molar-refractivity contribution is -0.147. The molecule has 0 radical (unpaired) electrons. The largest absolute Gasteiger partial charge is 0.463 e. The third-order valence-electron chi connectivity index (χ3n) is 5.44. The molecule has 26 heavy (non-hydrogen) atoms. The molecule has 0 aliphatic rings. The van der Waals surface area contributed by atoms with Crippen molar-refractivity contribution in [1.29, 1.82) is 0 Å². The first-order chi connectivity index (χ1) is 12.5. The predicted molar refractivity (Wildman–Crippen MR) is 114 cm³/mol. The van der Waals surface area contributed by atoms with Gasteiger partial charge < -0.3 is 4.74 Å². The third-order valence-corrected chi connectivity index (χ3v) is 5.44. The van der Waals surface area contributed by atoms with E-state index in [1.165, 1.54) is 83.5 Å². The molecule has 0 amide bonds. The fourth-order valence-corrected chi connectivity index (χ4v) is 3.70. The first-order valence-corrected chi connectivity index (χ1v) is 11.7. The second-order valence-corrected chi connectivity index (χ2v) is 8.76. The molecule has 0 fully saturated rings. The Balaban J connectivity index is 3.51. The van der Waals surface area contributed by atoms with Gasteiger partial charge in [0.15, 0.2) is 0 Å². The number of carbonyl (C=O) groups excluding carboxylic acids is 1. The number of esters is 1. The summed E-state index contributed by atoms with van der Waals surface area (Å²) in [4.78, 5) is 11.5. The lowest BCUT2D eigenvalue weighted by atomic mass is 9.85. The molecule has 0 aliphatic carbocycles. The molecule has 2 heteroatoms. The van der Waals surface area contributed by atoms with E-state index in [0.29, 0.717) is 6.42 Å². The molecule has 0 spiro atoms. The highest BCUT2D eigenvalue weighted by Gasteiger charge is 2.12. The average Bonchev–Trinajstić information content (AvgIpc) is 2.57. The quantitative estimate of drug-likeness (QED) is 0.180. The van der Waals surface area contributed by atoms with E-state index in [9.17, 15) is 4.79 Å². The Kier molecular flexibility index (Phi) is 17.5. The van der Waals surface area contributed by atoms with Crippen molar-refractivity contribution < 1.29 is 9.53 Å². The summed E-state index contributed by atoms with van der Waals surface area (Å²) >= 11 is 0. The van der Waals surface area contributed by atoms with Gasteiger partial charge in [0.05, 0.1) is 6.10 Å². The molecule has 0 heterocycles. The standard InChI is InChI=1S/C24H48O2/c1-6-7-8-12-15-18-23(21(2)3)19-16-13-10-9-11-14-17-20-24(25)26-22(4)5/h21-23H,6-20H2,1-5H3. The van der Waals surface area contributed by atoms with Crippen LogP contribution in [0.25, 0.3) is 0 Å². The molecule has 0 saturated carbocycles. The van der Waals surface area contributed by atoms with Gasteiger partial charge in [0.1, 0.15) is 0 Å². The van der Waals surface area contributed by atoms with E-state index in [4.69, 9.17) is 4.74 Å². The van der Waals surface area contributed by atoms with E-state index >= 15 is 0 Å². The first kappa shape index (κ1) is 25.5. The number of hydrogen-bond donors (Lipinski definition) is 0.